The average Bonchev–Trinajstić information content (AvgIpc) is 2.30. The van der Waals surface area contributed by atoms with Gasteiger partial charge in [-0.2, -0.15) is 8.78 Å². The van der Waals surface area contributed by atoms with Gasteiger partial charge in [0.25, 0.3) is 5.92 Å². The molecule has 1 saturated heterocycles. The van der Waals surface area contributed by atoms with Gasteiger partial charge in [-0.15, -0.1) is 0 Å². The molecule has 4 heteroatoms. The molecule has 1 unspecified atom stereocenters. The molecule has 1 heterocycles. The Morgan fingerprint density at radius 2 is 2.00 bits per heavy atom. The van der Waals surface area contributed by atoms with E-state index in [9.17, 15) is 8.78 Å². The smallest absolute Gasteiger partial charge is 0.289 e. The first-order valence-electron chi connectivity index (χ1n) is 5.48. The van der Waals surface area contributed by atoms with Crippen LogP contribution in [-0.4, -0.2) is 12.6 Å². The summed E-state index contributed by atoms with van der Waals surface area (Å²) in [6, 6.07) is 5.81. The highest BCUT2D eigenvalue weighted by Gasteiger charge is 2.42. The molecule has 16 heavy (non-hydrogen) atoms. The van der Waals surface area contributed by atoms with Crippen LogP contribution in [0.2, 0.25) is 0 Å². The Hall–Kier alpha value is -0.480. The molecule has 88 valence electrons. The van der Waals surface area contributed by atoms with Gasteiger partial charge in [-0.1, -0.05) is 40.5 Å². The largest absolute Gasteiger partial charge is 0.308 e. The number of rotatable bonds is 2. The first kappa shape index (κ1) is 12.0. The second-order valence-corrected chi connectivity index (χ2v) is 4.96. The predicted molar refractivity (Wildman–Crippen MR) is 63.7 cm³/mol. The first-order chi connectivity index (χ1) is 7.62. The highest BCUT2D eigenvalue weighted by Crippen LogP contribution is 2.38. The summed E-state index contributed by atoms with van der Waals surface area (Å²) in [5.41, 5.74) is 0.0781. The topological polar surface area (TPSA) is 12.0 Å². The Labute approximate surface area is 102 Å². The predicted octanol–water partition coefficient (Wildman–Crippen LogP) is 3.68. The van der Waals surface area contributed by atoms with Gasteiger partial charge >= 0.3 is 0 Å². The second kappa shape index (κ2) is 4.80. The van der Waals surface area contributed by atoms with Crippen LogP contribution in [0.25, 0.3) is 0 Å². The lowest BCUT2D eigenvalue weighted by molar-refractivity contribution is -0.0518. The van der Waals surface area contributed by atoms with E-state index in [0.29, 0.717) is 17.4 Å². The van der Waals surface area contributed by atoms with Gasteiger partial charge in [0.15, 0.2) is 0 Å². The summed E-state index contributed by atoms with van der Waals surface area (Å²) in [5.74, 6) is -2.81. The number of halogens is 3. The third-order valence-corrected chi connectivity index (χ3v) is 3.67. The lowest BCUT2D eigenvalue weighted by Gasteiger charge is -2.31. The highest BCUT2D eigenvalue weighted by atomic mass is 79.9. The van der Waals surface area contributed by atoms with Crippen molar-refractivity contribution in [2.45, 2.75) is 31.2 Å². The van der Waals surface area contributed by atoms with Gasteiger partial charge in [0.2, 0.25) is 0 Å². The molecular formula is C12H14BrF2N. The molecule has 0 radical (unpaired) electrons. The van der Waals surface area contributed by atoms with Crippen molar-refractivity contribution in [2.75, 3.05) is 6.54 Å². The van der Waals surface area contributed by atoms with Gasteiger partial charge in [-0.05, 0) is 25.5 Å². The van der Waals surface area contributed by atoms with Crippen molar-refractivity contribution in [3.05, 3.63) is 34.3 Å². The van der Waals surface area contributed by atoms with Gasteiger partial charge in [-0.25, -0.2) is 0 Å². The number of alkyl halides is 2. The Balaban J connectivity index is 2.26. The third kappa shape index (κ3) is 2.28. The van der Waals surface area contributed by atoms with Gasteiger partial charge in [0, 0.05) is 10.0 Å². The van der Waals surface area contributed by atoms with Crippen LogP contribution in [0.4, 0.5) is 8.78 Å². The molecule has 2 rings (SSSR count). The Bertz CT molecular complexity index is 362. The van der Waals surface area contributed by atoms with E-state index < -0.39 is 12.0 Å². The third-order valence-electron chi connectivity index (χ3n) is 2.98. The molecule has 0 aromatic heterocycles. The van der Waals surface area contributed by atoms with Crippen LogP contribution < -0.4 is 5.32 Å². The molecular weight excluding hydrogens is 276 g/mol. The van der Waals surface area contributed by atoms with E-state index in [4.69, 9.17) is 0 Å². The quantitative estimate of drug-likeness (QED) is 0.876. The van der Waals surface area contributed by atoms with Crippen LogP contribution in [0.5, 0.6) is 0 Å². The Kier molecular flexibility index (Phi) is 3.60. The lowest BCUT2D eigenvalue weighted by atomic mass is 9.94. The maximum Gasteiger partial charge on any atom is 0.289 e. The molecule has 1 aromatic carbocycles. The highest BCUT2D eigenvalue weighted by molar-refractivity contribution is 9.10. The lowest BCUT2D eigenvalue weighted by Crippen LogP contribution is -2.46. The van der Waals surface area contributed by atoms with Crippen molar-refractivity contribution in [3.8, 4) is 0 Å². The molecule has 0 bridgehead atoms. The Morgan fingerprint density at radius 3 is 2.62 bits per heavy atom. The number of nitrogens with one attached hydrogen (secondary N) is 1. The summed E-state index contributed by atoms with van der Waals surface area (Å²) < 4.78 is 28.9. The van der Waals surface area contributed by atoms with Crippen LogP contribution in [0.3, 0.4) is 0 Å². The maximum atomic E-state index is 14.2. The molecule has 1 aromatic rings. The summed E-state index contributed by atoms with van der Waals surface area (Å²) in [6.07, 6.45) is 2.40. The van der Waals surface area contributed by atoms with Gasteiger partial charge in [-0.3, -0.25) is 0 Å². The zero-order valence-corrected chi connectivity index (χ0v) is 10.4. The minimum Gasteiger partial charge on any atom is -0.308 e. The molecule has 1 nitrogen and oxygen atoms in total. The summed E-state index contributed by atoms with van der Waals surface area (Å²) >= 11 is 3.19. The van der Waals surface area contributed by atoms with Gasteiger partial charge in [0.05, 0.1) is 6.04 Å². The SMILES string of the molecule is FC(F)(c1ccccc1Br)C1CCCCN1. The fraction of sp³-hybridized carbons (Fsp3) is 0.500. The summed E-state index contributed by atoms with van der Waals surface area (Å²) in [5, 5.41) is 2.91. The average molecular weight is 290 g/mol. The minimum absolute atomic E-state index is 0.0781. The molecule has 1 atom stereocenters. The summed E-state index contributed by atoms with van der Waals surface area (Å²) in [6.45, 7) is 0.685. The first-order valence-corrected chi connectivity index (χ1v) is 6.28. The molecule has 0 spiro atoms. The fourth-order valence-corrected chi connectivity index (χ4v) is 2.63. The zero-order valence-electron chi connectivity index (χ0n) is 8.85. The van der Waals surface area contributed by atoms with E-state index >= 15 is 0 Å². The van der Waals surface area contributed by atoms with Crippen molar-refractivity contribution >= 4 is 15.9 Å². The van der Waals surface area contributed by atoms with E-state index in [-0.39, 0.29) is 5.56 Å². The fourth-order valence-electron chi connectivity index (χ4n) is 2.08. The van der Waals surface area contributed by atoms with E-state index in [1.54, 1.807) is 18.2 Å². The van der Waals surface area contributed by atoms with Crippen molar-refractivity contribution in [3.63, 3.8) is 0 Å². The molecule has 0 saturated carbocycles. The summed E-state index contributed by atoms with van der Waals surface area (Å²) in [7, 11) is 0. The Morgan fingerprint density at radius 1 is 1.25 bits per heavy atom. The molecule has 1 N–H and O–H groups in total. The van der Waals surface area contributed by atoms with Crippen LogP contribution >= 0.6 is 15.9 Å². The van der Waals surface area contributed by atoms with Gasteiger partial charge in [0.1, 0.15) is 0 Å². The zero-order chi connectivity index (χ0) is 11.6. The van der Waals surface area contributed by atoms with Gasteiger partial charge < -0.3 is 5.32 Å². The van der Waals surface area contributed by atoms with Crippen molar-refractivity contribution < 1.29 is 8.78 Å². The van der Waals surface area contributed by atoms with E-state index in [0.717, 1.165) is 12.8 Å². The molecule has 0 amide bonds. The van der Waals surface area contributed by atoms with Crippen molar-refractivity contribution in [1.29, 1.82) is 0 Å². The number of benzene rings is 1. The van der Waals surface area contributed by atoms with E-state index in [2.05, 4.69) is 21.2 Å². The standard InChI is InChI=1S/C12H14BrF2N/c13-10-6-2-1-5-9(10)12(14,15)11-7-3-4-8-16-11/h1-2,5-6,11,16H,3-4,7-8H2. The van der Waals surface area contributed by atoms with Crippen LogP contribution in [0.15, 0.2) is 28.7 Å². The summed E-state index contributed by atoms with van der Waals surface area (Å²) in [4.78, 5) is 0. The second-order valence-electron chi connectivity index (χ2n) is 4.11. The number of piperidine rings is 1. The van der Waals surface area contributed by atoms with Crippen LogP contribution in [-0.2, 0) is 5.92 Å². The van der Waals surface area contributed by atoms with E-state index in [1.165, 1.54) is 6.07 Å². The van der Waals surface area contributed by atoms with Crippen molar-refractivity contribution in [1.82, 2.24) is 5.32 Å². The normalized spacial score (nSPS) is 22.1. The number of hydrogen-bond acceptors (Lipinski definition) is 1. The van der Waals surface area contributed by atoms with Crippen LogP contribution in [0, 0.1) is 0 Å². The number of hydrogen-bond donors (Lipinski definition) is 1. The van der Waals surface area contributed by atoms with Crippen LogP contribution in [0.1, 0.15) is 24.8 Å². The maximum absolute atomic E-state index is 14.2. The molecule has 1 aliphatic rings. The monoisotopic (exact) mass is 289 g/mol. The minimum atomic E-state index is -2.81. The molecule has 0 aliphatic carbocycles. The molecule has 1 fully saturated rings. The van der Waals surface area contributed by atoms with Crippen molar-refractivity contribution in [2.24, 2.45) is 0 Å². The van der Waals surface area contributed by atoms with E-state index in [1.807, 2.05) is 0 Å². The molecule has 1 aliphatic heterocycles.